The number of nitrogens with two attached hydrogens (primary N) is 1. The van der Waals surface area contributed by atoms with Gasteiger partial charge in [0, 0.05) is 6.54 Å². The van der Waals surface area contributed by atoms with E-state index in [0.717, 1.165) is 11.1 Å². The smallest absolute Gasteiger partial charge is 0.329 e. The normalized spacial score (nSPS) is 11.3. The van der Waals surface area contributed by atoms with E-state index in [1.54, 1.807) is 0 Å². The molecular weight excluding hydrogens is 216 g/mol. The molecule has 0 atom stereocenters. The summed E-state index contributed by atoms with van der Waals surface area (Å²) in [5.74, 6) is -0.268. The lowest BCUT2D eigenvalue weighted by molar-refractivity contribution is -0.161. The Morgan fingerprint density at radius 2 is 1.76 bits per heavy atom. The zero-order valence-electron chi connectivity index (χ0n) is 10.6. The molecule has 0 unspecified atom stereocenters. The fourth-order valence-corrected chi connectivity index (χ4v) is 1.13. The molecule has 0 spiro atoms. The first-order valence-corrected chi connectivity index (χ1v) is 5.65. The molecule has 1 aromatic rings. The molecule has 3 N–H and O–H groups in total. The van der Waals surface area contributed by atoms with Gasteiger partial charge in [0.25, 0.3) is 0 Å². The standard InChI is InChI=1S/C13H20N2O2/c1-13(2,3)12(16)17-15-9-11-6-4-10(8-14)5-7-11/h4-7,15H,8-9,14H2,1-3H3. The minimum atomic E-state index is -0.490. The largest absolute Gasteiger partial charge is 0.370 e. The maximum atomic E-state index is 11.5. The summed E-state index contributed by atoms with van der Waals surface area (Å²) in [6.07, 6.45) is 0. The third-order valence-electron chi connectivity index (χ3n) is 2.31. The van der Waals surface area contributed by atoms with Crippen molar-refractivity contribution in [2.24, 2.45) is 11.1 Å². The first-order chi connectivity index (χ1) is 7.93. The number of hydroxylamine groups is 1. The molecule has 4 nitrogen and oxygen atoms in total. The second kappa shape index (κ2) is 5.80. The van der Waals surface area contributed by atoms with E-state index in [-0.39, 0.29) is 5.97 Å². The van der Waals surface area contributed by atoms with E-state index in [0.29, 0.717) is 13.1 Å². The lowest BCUT2D eigenvalue weighted by atomic mass is 9.98. The molecule has 1 rings (SSSR count). The average Bonchev–Trinajstić information content (AvgIpc) is 2.28. The average molecular weight is 236 g/mol. The predicted molar refractivity (Wildman–Crippen MR) is 66.7 cm³/mol. The van der Waals surface area contributed by atoms with Crippen LogP contribution in [0, 0.1) is 5.41 Å². The number of carbonyl (C=O) groups is 1. The SMILES string of the molecule is CC(C)(C)C(=O)ONCc1ccc(CN)cc1. The van der Waals surface area contributed by atoms with Crippen LogP contribution in [-0.4, -0.2) is 5.97 Å². The quantitative estimate of drug-likeness (QED) is 0.782. The number of nitrogens with one attached hydrogen (secondary N) is 1. The van der Waals surface area contributed by atoms with Crippen LogP contribution in [0.15, 0.2) is 24.3 Å². The van der Waals surface area contributed by atoms with Crippen molar-refractivity contribution in [2.75, 3.05) is 0 Å². The van der Waals surface area contributed by atoms with Crippen LogP contribution in [-0.2, 0) is 22.7 Å². The van der Waals surface area contributed by atoms with Gasteiger partial charge >= 0.3 is 5.97 Å². The minimum Gasteiger partial charge on any atom is -0.370 e. The molecule has 0 bridgehead atoms. The molecule has 17 heavy (non-hydrogen) atoms. The Balaban J connectivity index is 2.38. The Hall–Kier alpha value is -1.39. The second-order valence-electron chi connectivity index (χ2n) is 4.98. The summed E-state index contributed by atoms with van der Waals surface area (Å²) < 4.78 is 0. The molecule has 0 aromatic heterocycles. The third-order valence-corrected chi connectivity index (χ3v) is 2.31. The molecule has 0 aliphatic carbocycles. The summed E-state index contributed by atoms with van der Waals surface area (Å²) in [7, 11) is 0. The minimum absolute atomic E-state index is 0.268. The van der Waals surface area contributed by atoms with Crippen LogP contribution in [0.4, 0.5) is 0 Å². The highest BCUT2D eigenvalue weighted by Crippen LogP contribution is 2.14. The van der Waals surface area contributed by atoms with Crippen LogP contribution in [0.3, 0.4) is 0 Å². The van der Waals surface area contributed by atoms with Gasteiger partial charge in [0.1, 0.15) is 0 Å². The highest BCUT2D eigenvalue weighted by Gasteiger charge is 2.23. The van der Waals surface area contributed by atoms with Crippen LogP contribution in [0.1, 0.15) is 31.9 Å². The van der Waals surface area contributed by atoms with Gasteiger partial charge < -0.3 is 10.6 Å². The Kier molecular flexibility index (Phi) is 4.66. The molecule has 1 aromatic carbocycles. The molecule has 0 saturated heterocycles. The van der Waals surface area contributed by atoms with E-state index in [1.165, 1.54) is 0 Å². The van der Waals surface area contributed by atoms with Gasteiger partial charge in [-0.25, -0.2) is 4.79 Å². The molecule has 0 radical (unpaired) electrons. The van der Waals surface area contributed by atoms with Gasteiger partial charge in [-0.1, -0.05) is 24.3 Å². The van der Waals surface area contributed by atoms with Crippen molar-refractivity contribution in [2.45, 2.75) is 33.9 Å². The van der Waals surface area contributed by atoms with E-state index in [1.807, 2.05) is 45.0 Å². The lowest BCUT2D eigenvalue weighted by Crippen LogP contribution is -2.29. The van der Waals surface area contributed by atoms with Crippen molar-refractivity contribution in [1.82, 2.24) is 5.48 Å². The van der Waals surface area contributed by atoms with Crippen molar-refractivity contribution in [3.8, 4) is 0 Å². The number of rotatable bonds is 4. The second-order valence-corrected chi connectivity index (χ2v) is 4.98. The van der Waals surface area contributed by atoms with Crippen LogP contribution in [0.25, 0.3) is 0 Å². The molecule has 0 amide bonds. The Morgan fingerprint density at radius 1 is 1.24 bits per heavy atom. The predicted octanol–water partition coefficient (Wildman–Crippen LogP) is 1.74. The first kappa shape index (κ1) is 13.7. The van der Waals surface area contributed by atoms with Gasteiger partial charge in [0.2, 0.25) is 0 Å². The zero-order valence-corrected chi connectivity index (χ0v) is 10.6. The summed E-state index contributed by atoms with van der Waals surface area (Å²) in [5.41, 5.74) is 9.81. The Bertz CT molecular complexity index is 366. The number of hydrogen-bond acceptors (Lipinski definition) is 4. The van der Waals surface area contributed by atoms with E-state index < -0.39 is 5.41 Å². The molecule has 0 fully saturated rings. The molecule has 0 aliphatic rings. The van der Waals surface area contributed by atoms with Gasteiger partial charge in [0.15, 0.2) is 0 Å². The van der Waals surface area contributed by atoms with Crippen molar-refractivity contribution in [1.29, 1.82) is 0 Å². The first-order valence-electron chi connectivity index (χ1n) is 5.65. The summed E-state index contributed by atoms with van der Waals surface area (Å²) >= 11 is 0. The summed E-state index contributed by atoms with van der Waals surface area (Å²) in [6.45, 7) is 6.46. The summed E-state index contributed by atoms with van der Waals surface area (Å²) in [6, 6.07) is 7.84. The highest BCUT2D eigenvalue weighted by atomic mass is 16.7. The maximum Gasteiger partial charge on any atom is 0.329 e. The summed E-state index contributed by atoms with van der Waals surface area (Å²) in [4.78, 5) is 16.4. The molecule has 0 aliphatic heterocycles. The fraction of sp³-hybridized carbons (Fsp3) is 0.462. The van der Waals surface area contributed by atoms with E-state index in [9.17, 15) is 4.79 Å². The highest BCUT2D eigenvalue weighted by molar-refractivity contribution is 5.75. The topological polar surface area (TPSA) is 64.3 Å². The molecular formula is C13H20N2O2. The van der Waals surface area contributed by atoms with Gasteiger partial charge in [-0.3, -0.25) is 0 Å². The van der Waals surface area contributed by atoms with Gasteiger partial charge in [-0.05, 0) is 31.9 Å². The van der Waals surface area contributed by atoms with Crippen molar-refractivity contribution >= 4 is 5.97 Å². The van der Waals surface area contributed by atoms with Gasteiger partial charge in [0.05, 0.1) is 12.0 Å². The monoisotopic (exact) mass is 236 g/mol. The van der Waals surface area contributed by atoms with Crippen LogP contribution < -0.4 is 11.2 Å². The maximum absolute atomic E-state index is 11.5. The summed E-state index contributed by atoms with van der Waals surface area (Å²) in [5, 5.41) is 0. The third kappa shape index (κ3) is 4.54. The van der Waals surface area contributed by atoms with Gasteiger partial charge in [-0.2, -0.15) is 0 Å². The Morgan fingerprint density at radius 3 is 2.24 bits per heavy atom. The fourth-order valence-electron chi connectivity index (χ4n) is 1.13. The van der Waals surface area contributed by atoms with E-state index in [4.69, 9.17) is 10.6 Å². The van der Waals surface area contributed by atoms with Gasteiger partial charge in [-0.15, -0.1) is 5.48 Å². The van der Waals surface area contributed by atoms with Crippen LogP contribution in [0.2, 0.25) is 0 Å². The van der Waals surface area contributed by atoms with E-state index in [2.05, 4.69) is 5.48 Å². The number of carbonyl (C=O) groups excluding carboxylic acids is 1. The van der Waals surface area contributed by atoms with Crippen LogP contribution in [0.5, 0.6) is 0 Å². The zero-order chi connectivity index (χ0) is 12.9. The number of hydrogen-bond donors (Lipinski definition) is 2. The molecule has 0 heterocycles. The van der Waals surface area contributed by atoms with Crippen molar-refractivity contribution < 1.29 is 9.63 Å². The van der Waals surface area contributed by atoms with Crippen LogP contribution >= 0.6 is 0 Å². The van der Waals surface area contributed by atoms with Crippen molar-refractivity contribution in [3.05, 3.63) is 35.4 Å². The van der Waals surface area contributed by atoms with E-state index >= 15 is 0 Å². The van der Waals surface area contributed by atoms with Crippen molar-refractivity contribution in [3.63, 3.8) is 0 Å². The molecule has 4 heteroatoms. The molecule has 0 saturated carbocycles. The molecule has 94 valence electrons. The Labute approximate surface area is 102 Å². The number of benzene rings is 1. The lowest BCUT2D eigenvalue weighted by Gasteiger charge is -2.16.